The maximum atomic E-state index is 14.2. The average Bonchev–Trinajstić information content (AvgIpc) is 2.34. The van der Waals surface area contributed by atoms with Crippen molar-refractivity contribution in [2.24, 2.45) is 0 Å². The first-order chi connectivity index (χ1) is 10.3. The zero-order valence-electron chi connectivity index (χ0n) is 13.8. The van der Waals surface area contributed by atoms with E-state index in [0.29, 0.717) is 0 Å². The van der Waals surface area contributed by atoms with E-state index in [-0.39, 0.29) is 25.5 Å². The summed E-state index contributed by atoms with van der Waals surface area (Å²) in [7, 11) is 0. The second kappa shape index (κ2) is 5.59. The van der Waals surface area contributed by atoms with Crippen LogP contribution in [0.15, 0.2) is 18.2 Å². The van der Waals surface area contributed by atoms with Crippen molar-refractivity contribution in [1.82, 2.24) is 0 Å². The molecule has 0 aromatic heterocycles. The first-order valence-electron chi connectivity index (χ1n) is 6.99. The smallest absolute Gasteiger partial charge is 0.229 e. The molecule has 24 heavy (non-hydrogen) atoms. The van der Waals surface area contributed by atoms with Crippen LogP contribution in [0.1, 0.15) is 51.3 Å². The monoisotopic (exact) mass is 362 g/mol. The lowest BCUT2D eigenvalue weighted by Crippen LogP contribution is -2.38. The third-order valence-electron chi connectivity index (χ3n) is 3.95. The third kappa shape index (κ3) is 3.67. The summed E-state index contributed by atoms with van der Waals surface area (Å²) in [5.41, 5.74) is -10.9. The van der Waals surface area contributed by atoms with Crippen LogP contribution in [0.2, 0.25) is 0 Å². The SMILES string of the molecule is CC(C)(C)c1cc(C(C)(F)C(F)(F)F)cc(C(C)(F)C(F)(F)F)c1. The number of alkyl halides is 8. The number of hydrogen-bond donors (Lipinski definition) is 0. The van der Waals surface area contributed by atoms with Crippen LogP contribution in [0.5, 0.6) is 0 Å². The zero-order valence-corrected chi connectivity index (χ0v) is 13.8. The summed E-state index contributed by atoms with van der Waals surface area (Å²) in [5.74, 6) is 0. The summed E-state index contributed by atoms with van der Waals surface area (Å²) in [6.45, 7) is 4.94. The van der Waals surface area contributed by atoms with Crippen LogP contribution in [0.25, 0.3) is 0 Å². The molecule has 0 amide bonds. The minimum Gasteiger partial charge on any atom is -0.229 e. The Labute approximate surface area is 134 Å². The van der Waals surface area contributed by atoms with Crippen molar-refractivity contribution < 1.29 is 35.1 Å². The van der Waals surface area contributed by atoms with Crippen molar-refractivity contribution >= 4 is 0 Å². The second-order valence-electron chi connectivity index (χ2n) is 7.05. The van der Waals surface area contributed by atoms with Gasteiger partial charge < -0.3 is 0 Å². The first kappa shape index (κ1) is 20.7. The van der Waals surface area contributed by atoms with Gasteiger partial charge in [-0.15, -0.1) is 0 Å². The summed E-state index contributed by atoms with van der Waals surface area (Å²) < 4.78 is 106. The molecule has 1 rings (SSSR count). The van der Waals surface area contributed by atoms with Crippen LogP contribution < -0.4 is 0 Å². The maximum absolute atomic E-state index is 14.2. The molecule has 0 heterocycles. The number of hydrogen-bond acceptors (Lipinski definition) is 0. The molecule has 138 valence electrons. The molecular formula is C16H18F8. The molecule has 0 aliphatic rings. The molecular weight excluding hydrogens is 344 g/mol. The molecule has 0 radical (unpaired) electrons. The van der Waals surface area contributed by atoms with Gasteiger partial charge in [0, 0.05) is 0 Å². The van der Waals surface area contributed by atoms with E-state index in [9.17, 15) is 35.1 Å². The van der Waals surface area contributed by atoms with Gasteiger partial charge in [0.15, 0.2) is 0 Å². The second-order valence-corrected chi connectivity index (χ2v) is 7.05. The summed E-state index contributed by atoms with van der Waals surface area (Å²) in [4.78, 5) is 0. The van der Waals surface area contributed by atoms with Gasteiger partial charge in [-0.25, -0.2) is 8.78 Å². The molecule has 0 saturated heterocycles. The van der Waals surface area contributed by atoms with E-state index in [1.807, 2.05) is 0 Å². The van der Waals surface area contributed by atoms with Crippen molar-refractivity contribution in [3.63, 3.8) is 0 Å². The largest absolute Gasteiger partial charge is 0.426 e. The summed E-state index contributed by atoms with van der Waals surface area (Å²) in [6, 6.07) is 1.93. The third-order valence-corrected chi connectivity index (χ3v) is 3.95. The fraction of sp³-hybridized carbons (Fsp3) is 0.625. The number of rotatable bonds is 2. The molecule has 1 aromatic rings. The van der Waals surface area contributed by atoms with E-state index in [1.165, 1.54) is 20.8 Å². The van der Waals surface area contributed by atoms with Crippen molar-refractivity contribution in [2.45, 2.75) is 63.7 Å². The van der Waals surface area contributed by atoms with Gasteiger partial charge in [0.05, 0.1) is 0 Å². The Morgan fingerprint density at radius 2 is 0.750 bits per heavy atom. The highest BCUT2D eigenvalue weighted by molar-refractivity contribution is 5.40. The molecule has 0 aliphatic carbocycles. The topological polar surface area (TPSA) is 0 Å². The Hall–Kier alpha value is -1.34. The minimum absolute atomic E-state index is 0.0312. The van der Waals surface area contributed by atoms with Crippen molar-refractivity contribution in [3.05, 3.63) is 34.9 Å². The van der Waals surface area contributed by atoms with Crippen LogP contribution in [-0.2, 0) is 16.8 Å². The van der Waals surface area contributed by atoms with E-state index in [0.717, 1.165) is 12.1 Å². The van der Waals surface area contributed by atoms with Gasteiger partial charge in [-0.2, -0.15) is 26.3 Å². The van der Waals surface area contributed by atoms with E-state index in [1.54, 1.807) is 0 Å². The van der Waals surface area contributed by atoms with E-state index in [4.69, 9.17) is 0 Å². The highest BCUT2D eigenvalue weighted by atomic mass is 19.4. The van der Waals surface area contributed by atoms with Crippen LogP contribution >= 0.6 is 0 Å². The predicted molar refractivity (Wildman–Crippen MR) is 74.2 cm³/mol. The normalized spacial score (nSPS) is 18.9. The van der Waals surface area contributed by atoms with Crippen molar-refractivity contribution in [2.75, 3.05) is 0 Å². The van der Waals surface area contributed by atoms with Crippen LogP contribution in [0.4, 0.5) is 35.1 Å². The Morgan fingerprint density at radius 1 is 0.500 bits per heavy atom. The Kier molecular flexibility index (Phi) is 4.82. The zero-order chi connectivity index (χ0) is 19.4. The van der Waals surface area contributed by atoms with E-state index < -0.39 is 40.2 Å². The maximum Gasteiger partial charge on any atom is 0.426 e. The molecule has 2 unspecified atom stereocenters. The molecule has 8 heteroatoms. The minimum atomic E-state index is -5.36. The van der Waals surface area contributed by atoms with Gasteiger partial charge in [0.2, 0.25) is 11.3 Å². The molecule has 2 atom stereocenters. The highest BCUT2D eigenvalue weighted by Gasteiger charge is 2.56. The molecule has 0 N–H and O–H groups in total. The first-order valence-corrected chi connectivity index (χ1v) is 6.99. The number of benzene rings is 1. The Bertz CT molecular complexity index is 556. The molecule has 0 aliphatic heterocycles. The summed E-state index contributed by atoms with van der Waals surface area (Å²) >= 11 is 0. The lowest BCUT2D eigenvalue weighted by Gasteiger charge is -2.31. The number of halogens is 8. The van der Waals surface area contributed by atoms with E-state index in [2.05, 4.69) is 0 Å². The lowest BCUT2D eigenvalue weighted by atomic mass is 9.80. The standard InChI is InChI=1S/C16H18F8/c1-12(2,3)9-6-10(13(4,17)15(19,20)21)8-11(7-9)14(5,18)16(22,23)24/h6-8H,1-5H3. The summed E-state index contributed by atoms with van der Waals surface area (Å²) in [5, 5.41) is 0. The molecule has 0 fully saturated rings. The Balaban J connectivity index is 3.75. The van der Waals surface area contributed by atoms with Gasteiger partial charge in [0.25, 0.3) is 0 Å². The van der Waals surface area contributed by atoms with Crippen molar-refractivity contribution in [1.29, 1.82) is 0 Å². The Morgan fingerprint density at radius 3 is 0.958 bits per heavy atom. The molecule has 0 nitrogen and oxygen atoms in total. The molecule has 0 bridgehead atoms. The van der Waals surface area contributed by atoms with Crippen LogP contribution in [0.3, 0.4) is 0 Å². The average molecular weight is 362 g/mol. The predicted octanol–water partition coefficient (Wildman–Crippen LogP) is 6.48. The molecule has 0 saturated carbocycles. The van der Waals surface area contributed by atoms with Crippen molar-refractivity contribution in [3.8, 4) is 0 Å². The van der Waals surface area contributed by atoms with Gasteiger partial charge in [0.1, 0.15) is 0 Å². The molecule has 1 aromatic carbocycles. The lowest BCUT2D eigenvalue weighted by molar-refractivity contribution is -0.231. The quantitative estimate of drug-likeness (QED) is 0.528. The highest BCUT2D eigenvalue weighted by Crippen LogP contribution is 2.47. The van der Waals surface area contributed by atoms with Crippen LogP contribution in [-0.4, -0.2) is 12.4 Å². The fourth-order valence-corrected chi connectivity index (χ4v) is 1.93. The van der Waals surface area contributed by atoms with Gasteiger partial charge in [-0.3, -0.25) is 0 Å². The fourth-order valence-electron chi connectivity index (χ4n) is 1.93. The van der Waals surface area contributed by atoms with E-state index >= 15 is 0 Å². The van der Waals surface area contributed by atoms with Gasteiger partial charge in [-0.05, 0) is 42.0 Å². The van der Waals surface area contributed by atoms with Crippen LogP contribution in [0, 0.1) is 0 Å². The summed E-state index contributed by atoms with van der Waals surface area (Å²) in [6.07, 6.45) is -10.7. The molecule has 0 spiro atoms. The van der Waals surface area contributed by atoms with Gasteiger partial charge in [-0.1, -0.05) is 32.9 Å². The van der Waals surface area contributed by atoms with Gasteiger partial charge >= 0.3 is 12.4 Å².